The fraction of sp³-hybridized carbons (Fsp3) is 0.743. The summed E-state index contributed by atoms with van der Waals surface area (Å²) in [7, 11) is -2.15. The maximum Gasteiger partial charge on any atom is 0.410 e. The van der Waals surface area contributed by atoms with E-state index in [0.29, 0.717) is 29.8 Å². The Bertz CT molecular complexity index is 817. The molecule has 0 radical (unpaired) electrons. The number of hydrogen-bond acceptors (Lipinski definition) is 3. The van der Waals surface area contributed by atoms with Crippen LogP contribution in [-0.2, 0) is 15.7 Å². The maximum atomic E-state index is 12.9. The maximum absolute atomic E-state index is 12.9. The molecule has 0 N–H and O–H groups in total. The van der Waals surface area contributed by atoms with Crippen LogP contribution in [0.3, 0.4) is 0 Å². The standard InChI is InChI=1S/C35H61NO3Si/c1-8-9-10-11-12-13-14-15-16-17-18-19-23-26-34(39-40(29(2)3,30(4)5)31(6)7)33-28-38-35(37)36(33)27-32-24-21-20-22-25-32/h20-26,29-31,33-34H,8-19,27-28H2,1-7H3/b26-23+/t33-,34+/m0/s1. The van der Waals surface area contributed by atoms with Gasteiger partial charge in [-0.1, -0.05) is 155 Å². The lowest BCUT2D eigenvalue weighted by atomic mass is 10.0. The largest absolute Gasteiger partial charge is 0.447 e. The molecule has 1 saturated heterocycles. The summed E-state index contributed by atoms with van der Waals surface area (Å²) in [6.45, 7) is 17.2. The molecule has 1 aromatic carbocycles. The van der Waals surface area contributed by atoms with Crippen LogP contribution in [-0.4, -0.2) is 38.1 Å². The first-order valence-corrected chi connectivity index (χ1v) is 18.7. The van der Waals surface area contributed by atoms with Crippen LogP contribution < -0.4 is 0 Å². The van der Waals surface area contributed by atoms with Gasteiger partial charge in [-0.05, 0) is 35.0 Å². The zero-order chi connectivity index (χ0) is 29.4. The van der Waals surface area contributed by atoms with Gasteiger partial charge in [0.2, 0.25) is 8.32 Å². The van der Waals surface area contributed by atoms with E-state index in [1.165, 1.54) is 70.6 Å². The topological polar surface area (TPSA) is 38.8 Å². The Morgan fingerprint density at radius 1 is 0.850 bits per heavy atom. The van der Waals surface area contributed by atoms with E-state index in [1.807, 2.05) is 23.1 Å². The summed E-state index contributed by atoms with van der Waals surface area (Å²) in [5.74, 6) is 0. The van der Waals surface area contributed by atoms with E-state index in [2.05, 4.69) is 72.8 Å². The molecule has 0 saturated carbocycles. The Balaban J connectivity index is 2.02. The van der Waals surface area contributed by atoms with Crippen LogP contribution in [0.25, 0.3) is 0 Å². The molecule has 0 aromatic heterocycles. The number of rotatable bonds is 21. The Labute approximate surface area is 248 Å². The molecule has 2 atom stereocenters. The first kappa shape index (κ1) is 34.6. The lowest BCUT2D eigenvalue weighted by Gasteiger charge is -2.45. The van der Waals surface area contributed by atoms with Crippen LogP contribution in [0.4, 0.5) is 4.79 Å². The monoisotopic (exact) mass is 571 g/mol. The Kier molecular flexibility index (Phi) is 16.2. The van der Waals surface area contributed by atoms with Crippen molar-refractivity contribution in [2.75, 3.05) is 6.61 Å². The van der Waals surface area contributed by atoms with E-state index in [1.54, 1.807) is 0 Å². The third-order valence-corrected chi connectivity index (χ3v) is 15.0. The SMILES string of the molecule is CCCCCCCCCCCCC/C=C/[C@@H](O[Si](C(C)C)(C(C)C)C(C)C)[C@@H]1COC(=O)N1Cc1ccccc1. The Hall–Kier alpha value is -1.59. The van der Waals surface area contributed by atoms with Crippen molar-refractivity contribution in [3.05, 3.63) is 48.0 Å². The summed E-state index contributed by atoms with van der Waals surface area (Å²) in [6.07, 6.45) is 20.2. The fourth-order valence-electron chi connectivity index (χ4n) is 6.75. The Morgan fingerprint density at radius 2 is 1.38 bits per heavy atom. The van der Waals surface area contributed by atoms with Crippen LogP contribution in [0, 0.1) is 0 Å². The van der Waals surface area contributed by atoms with Crippen LogP contribution >= 0.6 is 0 Å². The summed E-state index contributed by atoms with van der Waals surface area (Å²) in [6, 6.07) is 10.1. The fourth-order valence-corrected chi connectivity index (χ4v) is 12.3. The highest BCUT2D eigenvalue weighted by Crippen LogP contribution is 2.44. The minimum absolute atomic E-state index is 0.107. The number of hydrogen-bond donors (Lipinski definition) is 0. The first-order chi connectivity index (χ1) is 19.2. The molecule has 1 aliphatic rings. The number of amides is 1. The van der Waals surface area contributed by atoms with Crippen molar-refractivity contribution < 1.29 is 14.0 Å². The average Bonchev–Trinajstić information content (AvgIpc) is 3.28. The first-order valence-electron chi connectivity index (χ1n) is 16.6. The highest BCUT2D eigenvalue weighted by atomic mass is 28.4. The summed E-state index contributed by atoms with van der Waals surface area (Å²) < 4.78 is 12.9. The molecule has 1 aromatic rings. The van der Waals surface area contributed by atoms with E-state index < -0.39 is 8.32 Å². The molecule has 1 fully saturated rings. The van der Waals surface area contributed by atoms with Crippen molar-refractivity contribution in [2.24, 2.45) is 0 Å². The summed E-state index contributed by atoms with van der Waals surface area (Å²) in [5, 5.41) is 0. The van der Waals surface area contributed by atoms with Gasteiger partial charge in [0.05, 0.1) is 12.1 Å². The van der Waals surface area contributed by atoms with Gasteiger partial charge in [-0.2, -0.15) is 0 Å². The van der Waals surface area contributed by atoms with Gasteiger partial charge in [0.1, 0.15) is 6.61 Å². The molecular weight excluding hydrogens is 510 g/mol. The van der Waals surface area contributed by atoms with Gasteiger partial charge in [0.15, 0.2) is 0 Å². The molecule has 1 aliphatic heterocycles. The predicted octanol–water partition coefficient (Wildman–Crippen LogP) is 10.8. The van der Waals surface area contributed by atoms with Crippen molar-refractivity contribution in [3.63, 3.8) is 0 Å². The van der Waals surface area contributed by atoms with Crippen LogP contribution in [0.15, 0.2) is 42.5 Å². The summed E-state index contributed by atoms with van der Waals surface area (Å²) in [5.41, 5.74) is 2.57. The lowest BCUT2D eigenvalue weighted by Crippen LogP contribution is -2.54. The van der Waals surface area contributed by atoms with Crippen molar-refractivity contribution in [2.45, 2.75) is 161 Å². The van der Waals surface area contributed by atoms with E-state index in [0.717, 1.165) is 12.0 Å². The molecule has 228 valence electrons. The second-order valence-corrected chi connectivity index (χ2v) is 18.3. The third kappa shape index (κ3) is 10.7. The number of cyclic esters (lactones) is 1. The molecule has 0 unspecified atom stereocenters. The number of unbranched alkanes of at least 4 members (excludes halogenated alkanes) is 11. The van der Waals surface area contributed by atoms with Crippen LogP contribution in [0.5, 0.6) is 0 Å². The van der Waals surface area contributed by atoms with Crippen molar-refractivity contribution in [3.8, 4) is 0 Å². The van der Waals surface area contributed by atoms with E-state index in [-0.39, 0.29) is 18.2 Å². The summed E-state index contributed by atoms with van der Waals surface area (Å²) >= 11 is 0. The number of carbonyl (C=O) groups excluding carboxylic acids is 1. The predicted molar refractivity (Wildman–Crippen MR) is 173 cm³/mol. The number of carbonyl (C=O) groups is 1. The molecule has 0 spiro atoms. The molecule has 2 rings (SSSR count). The van der Waals surface area contributed by atoms with Gasteiger partial charge < -0.3 is 9.16 Å². The van der Waals surface area contributed by atoms with Gasteiger partial charge >= 0.3 is 6.09 Å². The van der Waals surface area contributed by atoms with E-state index >= 15 is 0 Å². The number of allylic oxidation sites excluding steroid dienone is 1. The number of nitrogens with zero attached hydrogens (tertiary/aromatic N) is 1. The molecule has 4 nitrogen and oxygen atoms in total. The highest BCUT2D eigenvalue weighted by Gasteiger charge is 2.49. The molecule has 0 aliphatic carbocycles. The van der Waals surface area contributed by atoms with E-state index in [4.69, 9.17) is 9.16 Å². The molecular formula is C35H61NO3Si. The second kappa shape index (κ2) is 18.8. The van der Waals surface area contributed by atoms with Gasteiger partial charge in [-0.25, -0.2) is 4.79 Å². The lowest BCUT2D eigenvalue weighted by molar-refractivity contribution is 0.120. The molecule has 1 amide bonds. The molecule has 1 heterocycles. The molecule has 40 heavy (non-hydrogen) atoms. The van der Waals surface area contributed by atoms with Gasteiger partial charge in [-0.3, -0.25) is 4.90 Å². The van der Waals surface area contributed by atoms with Gasteiger partial charge in [0.25, 0.3) is 0 Å². The highest BCUT2D eigenvalue weighted by molar-refractivity contribution is 6.77. The number of ether oxygens (including phenoxy) is 1. The van der Waals surface area contributed by atoms with Crippen LogP contribution in [0.1, 0.15) is 131 Å². The van der Waals surface area contributed by atoms with Crippen molar-refractivity contribution >= 4 is 14.4 Å². The quantitative estimate of drug-likeness (QED) is 0.0836. The normalized spacial score (nSPS) is 17.1. The van der Waals surface area contributed by atoms with Gasteiger partial charge in [-0.15, -0.1) is 0 Å². The minimum atomic E-state index is -2.15. The zero-order valence-corrected chi connectivity index (χ0v) is 28.0. The Morgan fingerprint density at radius 3 is 1.90 bits per heavy atom. The minimum Gasteiger partial charge on any atom is -0.447 e. The molecule has 0 bridgehead atoms. The third-order valence-electron chi connectivity index (χ3n) is 8.93. The van der Waals surface area contributed by atoms with Crippen molar-refractivity contribution in [1.82, 2.24) is 4.90 Å². The second-order valence-electron chi connectivity index (χ2n) is 12.9. The number of benzene rings is 1. The van der Waals surface area contributed by atoms with E-state index in [9.17, 15) is 4.79 Å². The van der Waals surface area contributed by atoms with Crippen LogP contribution in [0.2, 0.25) is 16.6 Å². The summed E-state index contributed by atoms with van der Waals surface area (Å²) in [4.78, 5) is 14.8. The van der Waals surface area contributed by atoms with Crippen molar-refractivity contribution in [1.29, 1.82) is 0 Å². The van der Waals surface area contributed by atoms with Gasteiger partial charge in [0, 0.05) is 6.54 Å². The molecule has 5 heteroatoms. The average molecular weight is 572 g/mol. The zero-order valence-electron chi connectivity index (χ0n) is 27.0. The smallest absolute Gasteiger partial charge is 0.410 e.